The molecule has 0 radical (unpaired) electrons. The second-order valence-electron chi connectivity index (χ2n) is 15.8. The maximum Gasteiger partial charge on any atom is 0.272 e. The second kappa shape index (κ2) is 53.2. The zero-order chi connectivity index (χ0) is 50.1. The zero-order valence-corrected chi connectivity index (χ0v) is 46.1. The van der Waals surface area contributed by atoms with Gasteiger partial charge in [-0.1, -0.05) is 110 Å². The van der Waals surface area contributed by atoms with E-state index in [1.165, 1.54) is 110 Å². The molecular formula is C49H111F2N7O4S. The van der Waals surface area contributed by atoms with Gasteiger partial charge in [0.25, 0.3) is 5.92 Å². The van der Waals surface area contributed by atoms with Crippen LogP contribution in [-0.4, -0.2) is 187 Å². The van der Waals surface area contributed by atoms with Gasteiger partial charge in [0.15, 0.2) is 0 Å². The van der Waals surface area contributed by atoms with Crippen LogP contribution in [0.15, 0.2) is 0 Å². The van der Waals surface area contributed by atoms with Crippen molar-refractivity contribution in [2.24, 2.45) is 0 Å². The van der Waals surface area contributed by atoms with Crippen LogP contribution in [0, 0.1) is 0 Å². The number of halogens is 2. The second-order valence-corrected chi connectivity index (χ2v) is 18.1. The number of hydrogen-bond acceptors (Lipinski definition) is 9. The minimum absolute atomic E-state index is 0.0269. The first-order valence-corrected chi connectivity index (χ1v) is 27.5. The number of amides is 2. The first-order chi connectivity index (χ1) is 29.9. The predicted molar refractivity (Wildman–Crippen MR) is 274 cm³/mol. The van der Waals surface area contributed by atoms with Crippen molar-refractivity contribution in [1.29, 1.82) is 0 Å². The van der Waals surface area contributed by atoms with Gasteiger partial charge in [-0.05, 0) is 105 Å². The molecule has 11 nitrogen and oxygen atoms in total. The Kier molecular flexibility index (Phi) is 61.7. The lowest BCUT2D eigenvalue weighted by Gasteiger charge is -2.38. The Morgan fingerprint density at radius 3 is 1.29 bits per heavy atom. The molecule has 0 aromatic rings. The Labute approximate surface area is 393 Å². The maximum absolute atomic E-state index is 12.1. The van der Waals surface area contributed by atoms with E-state index in [1.807, 2.05) is 93.1 Å². The number of piperazine rings is 1. The highest BCUT2D eigenvalue weighted by Crippen LogP contribution is 2.26. The summed E-state index contributed by atoms with van der Waals surface area (Å²) < 4.78 is 44.6. The van der Waals surface area contributed by atoms with Crippen LogP contribution in [0.1, 0.15) is 174 Å². The number of hydrogen-bond donors (Lipinski definition) is 1. The first-order valence-electron chi connectivity index (χ1n) is 25.5. The fraction of sp³-hybridized carbons (Fsp3) is 0.959. The predicted octanol–water partition coefficient (Wildman–Crippen LogP) is 9.90. The van der Waals surface area contributed by atoms with Gasteiger partial charge in [-0.25, -0.2) is 17.2 Å². The van der Waals surface area contributed by atoms with Crippen LogP contribution in [0.2, 0.25) is 0 Å². The molecule has 4 fully saturated rings. The fourth-order valence-corrected chi connectivity index (χ4v) is 6.64. The minimum atomic E-state index is -2.67. The molecule has 4 heterocycles. The monoisotopic (exact) mass is 932 g/mol. The third-order valence-corrected chi connectivity index (χ3v) is 10.5. The van der Waals surface area contributed by atoms with Crippen molar-refractivity contribution in [3.8, 4) is 0 Å². The van der Waals surface area contributed by atoms with Gasteiger partial charge in [-0.2, -0.15) is 0 Å². The lowest BCUT2D eigenvalue weighted by Crippen LogP contribution is -2.56. The van der Waals surface area contributed by atoms with E-state index < -0.39 is 15.8 Å². The Bertz CT molecular complexity index is 1010. The molecule has 14 heteroatoms. The van der Waals surface area contributed by atoms with Crippen LogP contribution in [-0.2, 0) is 19.4 Å². The highest BCUT2D eigenvalue weighted by molar-refractivity contribution is 7.90. The molecule has 4 rings (SSSR count). The van der Waals surface area contributed by atoms with Crippen molar-refractivity contribution in [2.75, 3.05) is 131 Å². The van der Waals surface area contributed by atoms with Gasteiger partial charge in [0.05, 0.1) is 13.1 Å². The first kappa shape index (κ1) is 73.1. The molecule has 0 bridgehead atoms. The summed E-state index contributed by atoms with van der Waals surface area (Å²) in [7, 11) is 3.49. The number of carbonyl (C=O) groups is 2. The van der Waals surface area contributed by atoms with E-state index in [-0.39, 0.29) is 19.0 Å². The summed E-state index contributed by atoms with van der Waals surface area (Å²) in [6.07, 6.45) is 14.7. The number of carbonyl (C=O) groups excluding carboxylic acids is 2. The lowest BCUT2D eigenvalue weighted by atomic mass is 10.1. The summed E-state index contributed by atoms with van der Waals surface area (Å²) in [4.78, 5) is 34.8. The van der Waals surface area contributed by atoms with Crippen LogP contribution in [0.4, 0.5) is 8.78 Å². The third-order valence-electron chi connectivity index (χ3n) is 9.36. The average molecular weight is 933 g/mol. The van der Waals surface area contributed by atoms with Crippen molar-refractivity contribution in [1.82, 2.24) is 34.7 Å². The summed E-state index contributed by atoms with van der Waals surface area (Å²) in [5.74, 6) is -1.63. The van der Waals surface area contributed by atoms with E-state index in [1.54, 1.807) is 4.90 Å². The van der Waals surface area contributed by atoms with Crippen LogP contribution in [0.25, 0.3) is 0 Å². The normalized spacial score (nSPS) is 16.5. The summed E-state index contributed by atoms with van der Waals surface area (Å²) >= 11 is 0. The van der Waals surface area contributed by atoms with Crippen molar-refractivity contribution in [3.63, 3.8) is 0 Å². The molecule has 0 unspecified atom stereocenters. The Hall–Kier alpha value is -1.45. The molecule has 4 aliphatic rings. The Morgan fingerprint density at radius 1 is 0.587 bits per heavy atom. The smallest absolute Gasteiger partial charge is 0.272 e. The van der Waals surface area contributed by atoms with E-state index in [0.717, 1.165) is 45.6 Å². The van der Waals surface area contributed by atoms with Gasteiger partial charge < -0.3 is 29.8 Å². The summed E-state index contributed by atoms with van der Waals surface area (Å²) in [5.41, 5.74) is 0. The van der Waals surface area contributed by atoms with E-state index in [0.29, 0.717) is 24.5 Å². The van der Waals surface area contributed by atoms with Gasteiger partial charge in [0.1, 0.15) is 9.84 Å². The molecule has 0 aromatic carbocycles. The molecule has 0 aliphatic carbocycles. The van der Waals surface area contributed by atoms with Gasteiger partial charge in [0.2, 0.25) is 11.8 Å². The molecule has 0 aromatic heterocycles. The standard InChI is InChI=1S/C8H18N2.C7H16N2O.C7H13NO.C7H15N.C6H11F2N.C4H10O2S.C4H10.3C2H6/c1-3-4-10-7-5-9(2)6-8-10;1-4-7(10)8-5-6-9(2)3;1-2-7(9)8-5-3-4-6-8;1-2-5-8-6-3-4-7-8;1-2-3-9-4-6(7,8)5-9;1-3-4-7(2,5)6;1-3-4-2;3*1-2/h3-8H2,1-2H3;4-6H2,1-3H3,(H,8,10);2-6H2,1H3;2-7H2,1H3;2-5H2,1H3;3-4H2,1-2H3;3-4H2,1-2H3;3*1-2H3. The van der Waals surface area contributed by atoms with Crippen molar-refractivity contribution in [2.45, 2.75) is 180 Å². The van der Waals surface area contributed by atoms with Crippen LogP contribution >= 0.6 is 0 Å². The molecule has 0 saturated carbocycles. The van der Waals surface area contributed by atoms with Crippen LogP contribution in [0.5, 0.6) is 0 Å². The van der Waals surface area contributed by atoms with Gasteiger partial charge in [0, 0.05) is 77.2 Å². The number of unbranched alkanes of at least 4 members (excludes halogenated alkanes) is 1. The zero-order valence-electron chi connectivity index (χ0n) is 45.3. The average Bonchev–Trinajstić information content (AvgIpc) is 4.00. The molecule has 1 N–H and O–H groups in total. The molecule has 4 saturated heterocycles. The number of likely N-dealkylation sites (tertiary alicyclic amines) is 3. The van der Waals surface area contributed by atoms with Gasteiger partial charge in [-0.15, -0.1) is 0 Å². The van der Waals surface area contributed by atoms with Crippen LogP contribution in [0.3, 0.4) is 0 Å². The van der Waals surface area contributed by atoms with E-state index in [2.05, 4.69) is 54.8 Å². The number of alkyl halides is 2. The summed E-state index contributed by atoms with van der Waals surface area (Å²) in [6, 6.07) is 0. The topological polar surface area (TPSA) is 99.8 Å². The number of nitrogens with one attached hydrogen (secondary N) is 1. The van der Waals surface area contributed by atoms with Crippen molar-refractivity contribution >= 4 is 21.7 Å². The summed E-state index contributed by atoms with van der Waals surface area (Å²) in [6.45, 7) is 43.2. The fourth-order valence-electron chi connectivity index (χ4n) is 5.90. The molecule has 0 atom stereocenters. The van der Waals surface area contributed by atoms with Gasteiger partial charge >= 0.3 is 0 Å². The number of rotatable bonds is 14. The number of likely N-dealkylation sites (N-methyl/N-ethyl adjacent to an activating group) is 2. The number of sulfone groups is 1. The van der Waals surface area contributed by atoms with Crippen molar-refractivity contribution in [3.05, 3.63) is 0 Å². The highest BCUT2D eigenvalue weighted by Gasteiger charge is 2.42. The van der Waals surface area contributed by atoms with Crippen LogP contribution < -0.4 is 5.32 Å². The summed E-state index contributed by atoms with van der Waals surface area (Å²) in [5, 5.41) is 2.78. The third kappa shape index (κ3) is 56.6. The molecule has 63 heavy (non-hydrogen) atoms. The SMILES string of the molecule is CC.CC.CC.CCC(=O)N1CCCC1.CCC(=O)NCCN(C)C.CCCC.CCCN1CC(F)(F)C1.CCCN1CCCC1.CCCN1CCN(C)CC1.CCCS(C)(=O)=O. The van der Waals surface area contributed by atoms with Crippen molar-refractivity contribution < 1.29 is 26.8 Å². The largest absolute Gasteiger partial charge is 0.355 e. The minimum Gasteiger partial charge on any atom is -0.355 e. The lowest BCUT2D eigenvalue weighted by molar-refractivity contribution is -0.130. The van der Waals surface area contributed by atoms with Gasteiger partial charge in [-0.3, -0.25) is 14.5 Å². The number of nitrogens with zero attached hydrogens (tertiary/aromatic N) is 6. The molecule has 2 amide bonds. The molecular weight excluding hydrogens is 821 g/mol. The van der Waals surface area contributed by atoms with E-state index in [9.17, 15) is 26.8 Å². The molecule has 0 spiro atoms. The van der Waals surface area contributed by atoms with E-state index >= 15 is 0 Å². The Balaban J connectivity index is -0.000000149. The maximum atomic E-state index is 12.1. The van der Waals surface area contributed by atoms with E-state index in [4.69, 9.17) is 0 Å². The molecule has 386 valence electrons. The Morgan fingerprint density at radius 2 is 0.984 bits per heavy atom. The molecule has 4 aliphatic heterocycles. The quantitative estimate of drug-likeness (QED) is 0.183. The highest BCUT2D eigenvalue weighted by atomic mass is 32.2.